The number of nitrogens with zero attached hydrogens (tertiary/aromatic N) is 2. The van der Waals surface area contributed by atoms with Crippen LogP contribution in [0, 0.1) is 0 Å². The summed E-state index contributed by atoms with van der Waals surface area (Å²) in [6.07, 6.45) is 10.3. The van der Waals surface area contributed by atoms with E-state index in [2.05, 4.69) is 28.0 Å². The summed E-state index contributed by atoms with van der Waals surface area (Å²) in [5, 5.41) is 0. The molecular weight excluding hydrogens is 214 g/mol. The van der Waals surface area contributed by atoms with Gasteiger partial charge in [-0.25, -0.2) is 0 Å². The maximum Gasteiger partial charge on any atom is 0.246 e. The number of allylic oxidation sites excluding steroid dienone is 1. The summed E-state index contributed by atoms with van der Waals surface area (Å²) in [6, 6.07) is 0.354. The van der Waals surface area contributed by atoms with Crippen LogP contribution >= 0.6 is 0 Å². The number of rotatable bonds is 1. The Kier molecular flexibility index (Phi) is 2.52. The van der Waals surface area contributed by atoms with Gasteiger partial charge in [0.15, 0.2) is 0 Å². The van der Waals surface area contributed by atoms with Crippen molar-refractivity contribution in [2.24, 2.45) is 5.73 Å². The minimum Gasteiger partial charge on any atom is -0.366 e. The summed E-state index contributed by atoms with van der Waals surface area (Å²) in [4.78, 5) is 15.9. The number of carbonyl (C=O) groups excluding carboxylic acids is 1. The molecule has 1 fully saturated rings. The van der Waals surface area contributed by atoms with Crippen molar-refractivity contribution in [2.45, 2.75) is 18.9 Å². The lowest BCUT2D eigenvalue weighted by atomic mass is 10.0. The molecule has 0 aromatic carbocycles. The normalized spacial score (nSPS) is 31.2. The number of nitrogens with two attached hydrogens (primary N) is 1. The highest BCUT2D eigenvalue weighted by Crippen LogP contribution is 2.28. The molecule has 4 heteroatoms. The van der Waals surface area contributed by atoms with Gasteiger partial charge in [0, 0.05) is 37.1 Å². The molecule has 2 bridgehead atoms. The second-order valence-electron chi connectivity index (χ2n) is 4.84. The van der Waals surface area contributed by atoms with Gasteiger partial charge in [0.2, 0.25) is 5.91 Å². The molecule has 0 aromatic heterocycles. The summed E-state index contributed by atoms with van der Waals surface area (Å²) < 4.78 is 0. The molecule has 90 valence electrons. The summed E-state index contributed by atoms with van der Waals surface area (Å²) >= 11 is 0. The number of carbonyl (C=O) groups is 1. The van der Waals surface area contributed by atoms with Crippen molar-refractivity contribution in [1.29, 1.82) is 0 Å². The van der Waals surface area contributed by atoms with E-state index in [1.165, 1.54) is 5.70 Å². The maximum absolute atomic E-state index is 11.2. The molecule has 17 heavy (non-hydrogen) atoms. The first-order chi connectivity index (χ1) is 8.24. The molecule has 1 amide bonds. The van der Waals surface area contributed by atoms with Crippen LogP contribution in [-0.2, 0) is 4.79 Å². The zero-order chi connectivity index (χ0) is 11.8. The van der Waals surface area contributed by atoms with E-state index in [1.54, 1.807) is 0 Å². The Balaban J connectivity index is 1.91. The molecule has 2 atom stereocenters. The van der Waals surface area contributed by atoms with Crippen LogP contribution in [0.15, 0.2) is 35.7 Å². The minimum absolute atomic E-state index is 0.305. The van der Waals surface area contributed by atoms with Crippen LogP contribution in [0.3, 0.4) is 0 Å². The third-order valence-electron chi connectivity index (χ3n) is 3.66. The number of amides is 1. The highest BCUT2D eigenvalue weighted by atomic mass is 16.1. The fourth-order valence-electron chi connectivity index (χ4n) is 2.74. The molecular formula is C13H17N3O. The van der Waals surface area contributed by atoms with Crippen LogP contribution in [0.4, 0.5) is 0 Å². The van der Waals surface area contributed by atoms with Crippen molar-refractivity contribution >= 4 is 5.91 Å². The molecule has 0 saturated carbocycles. The van der Waals surface area contributed by atoms with Crippen molar-refractivity contribution in [2.75, 3.05) is 19.6 Å². The predicted octanol–water partition coefficient (Wildman–Crippen LogP) is 0.589. The molecule has 3 heterocycles. The van der Waals surface area contributed by atoms with E-state index in [1.807, 2.05) is 6.20 Å². The van der Waals surface area contributed by atoms with Crippen LogP contribution in [0.1, 0.15) is 12.8 Å². The Morgan fingerprint density at radius 3 is 3.18 bits per heavy atom. The molecule has 3 aliphatic rings. The molecule has 0 aliphatic carbocycles. The third-order valence-corrected chi connectivity index (χ3v) is 3.66. The molecule has 0 aromatic rings. The second kappa shape index (κ2) is 4.04. The Morgan fingerprint density at radius 1 is 1.47 bits per heavy atom. The Morgan fingerprint density at radius 2 is 2.35 bits per heavy atom. The summed E-state index contributed by atoms with van der Waals surface area (Å²) in [7, 11) is 0. The van der Waals surface area contributed by atoms with Gasteiger partial charge in [0.1, 0.15) is 0 Å². The van der Waals surface area contributed by atoms with Crippen molar-refractivity contribution in [3.63, 3.8) is 0 Å². The second-order valence-corrected chi connectivity index (χ2v) is 4.84. The van der Waals surface area contributed by atoms with E-state index < -0.39 is 0 Å². The molecule has 0 radical (unpaired) electrons. The minimum atomic E-state index is -0.305. The first-order valence-corrected chi connectivity index (χ1v) is 6.11. The van der Waals surface area contributed by atoms with Crippen molar-refractivity contribution in [3.05, 3.63) is 35.7 Å². The Bertz CT molecular complexity index is 436. The number of hydrogen-bond acceptors (Lipinski definition) is 3. The van der Waals surface area contributed by atoms with Gasteiger partial charge in [0.05, 0.1) is 6.04 Å². The molecule has 3 rings (SSSR count). The SMILES string of the molecule is NC(=O)C1=CN2C(=CC1)CN1CCC=CC2C1. The van der Waals surface area contributed by atoms with Crippen LogP contribution in [0.2, 0.25) is 0 Å². The van der Waals surface area contributed by atoms with Gasteiger partial charge in [-0.2, -0.15) is 0 Å². The van der Waals surface area contributed by atoms with Gasteiger partial charge in [-0.1, -0.05) is 18.2 Å². The smallest absolute Gasteiger partial charge is 0.246 e. The van der Waals surface area contributed by atoms with Crippen molar-refractivity contribution in [3.8, 4) is 0 Å². The summed E-state index contributed by atoms with van der Waals surface area (Å²) in [5.41, 5.74) is 7.37. The third kappa shape index (κ3) is 1.89. The van der Waals surface area contributed by atoms with Crippen LogP contribution in [0.5, 0.6) is 0 Å². The molecule has 1 saturated heterocycles. The lowest BCUT2D eigenvalue weighted by Crippen LogP contribution is -2.49. The monoisotopic (exact) mass is 231 g/mol. The summed E-state index contributed by atoms with van der Waals surface area (Å²) in [6.45, 7) is 3.15. The largest absolute Gasteiger partial charge is 0.366 e. The van der Waals surface area contributed by atoms with Crippen LogP contribution in [-0.4, -0.2) is 41.4 Å². The topological polar surface area (TPSA) is 49.6 Å². The van der Waals surface area contributed by atoms with Crippen molar-refractivity contribution in [1.82, 2.24) is 9.80 Å². The lowest BCUT2D eigenvalue weighted by molar-refractivity contribution is -0.114. The first kappa shape index (κ1) is 10.6. The molecule has 2 N–H and O–H groups in total. The average molecular weight is 231 g/mol. The van der Waals surface area contributed by atoms with E-state index in [-0.39, 0.29) is 5.91 Å². The molecule has 0 spiro atoms. The number of piperazine rings is 1. The standard InChI is InChI=1S/C13H17N3O/c14-13(17)10-4-5-12-9-15-6-2-1-3-11(8-15)16(12)7-10/h1,3,5,7,11H,2,4,6,8-9H2,(H2,14,17). The lowest BCUT2D eigenvalue weighted by Gasteiger charge is -2.42. The number of hydrogen-bond donors (Lipinski definition) is 1. The fourth-order valence-corrected chi connectivity index (χ4v) is 2.74. The molecule has 4 nitrogen and oxygen atoms in total. The van der Waals surface area contributed by atoms with Crippen LogP contribution < -0.4 is 5.73 Å². The number of fused-ring (bicyclic) bond motifs is 4. The zero-order valence-electron chi connectivity index (χ0n) is 9.80. The van der Waals surface area contributed by atoms with E-state index in [4.69, 9.17) is 5.73 Å². The highest BCUT2D eigenvalue weighted by Gasteiger charge is 2.30. The van der Waals surface area contributed by atoms with Gasteiger partial charge in [0.25, 0.3) is 0 Å². The van der Waals surface area contributed by atoms with E-state index in [0.29, 0.717) is 18.0 Å². The Labute approximate surface area is 101 Å². The molecule has 2 unspecified atom stereocenters. The maximum atomic E-state index is 11.2. The quantitative estimate of drug-likeness (QED) is 0.672. The Hall–Kier alpha value is -1.55. The van der Waals surface area contributed by atoms with Gasteiger partial charge < -0.3 is 10.6 Å². The van der Waals surface area contributed by atoms with Gasteiger partial charge >= 0.3 is 0 Å². The number of primary amides is 1. The van der Waals surface area contributed by atoms with E-state index in [9.17, 15) is 4.79 Å². The van der Waals surface area contributed by atoms with E-state index >= 15 is 0 Å². The van der Waals surface area contributed by atoms with E-state index in [0.717, 1.165) is 26.1 Å². The summed E-state index contributed by atoms with van der Waals surface area (Å²) in [5.74, 6) is -0.305. The van der Waals surface area contributed by atoms with Crippen LogP contribution in [0.25, 0.3) is 0 Å². The fraction of sp³-hybridized carbons (Fsp3) is 0.462. The van der Waals surface area contributed by atoms with Crippen molar-refractivity contribution < 1.29 is 4.79 Å². The first-order valence-electron chi connectivity index (χ1n) is 6.11. The van der Waals surface area contributed by atoms with Gasteiger partial charge in [-0.05, 0) is 12.8 Å². The predicted molar refractivity (Wildman–Crippen MR) is 65.8 cm³/mol. The van der Waals surface area contributed by atoms with Gasteiger partial charge in [-0.3, -0.25) is 9.69 Å². The highest BCUT2D eigenvalue weighted by molar-refractivity contribution is 5.92. The van der Waals surface area contributed by atoms with Gasteiger partial charge in [-0.15, -0.1) is 0 Å². The molecule has 3 aliphatic heterocycles. The average Bonchev–Trinajstić information content (AvgIpc) is 2.51. The zero-order valence-corrected chi connectivity index (χ0v) is 9.80.